The lowest BCUT2D eigenvalue weighted by molar-refractivity contribution is -0.143. The lowest BCUT2D eigenvalue weighted by Gasteiger charge is -2.28. The molecule has 32 heavy (non-hydrogen) atoms. The third-order valence-electron chi connectivity index (χ3n) is 7.23. The first kappa shape index (κ1) is 20.4. The topological polar surface area (TPSA) is 92.8 Å². The quantitative estimate of drug-likeness (QED) is 0.579. The minimum Gasteiger partial charge on any atom is -0.465 e. The van der Waals surface area contributed by atoms with Gasteiger partial charge in [0, 0.05) is 5.69 Å². The van der Waals surface area contributed by atoms with Crippen LogP contribution in [0.5, 0.6) is 0 Å². The van der Waals surface area contributed by atoms with Crippen LogP contribution in [-0.4, -0.2) is 42.2 Å². The Hall–Kier alpha value is -3.48. The van der Waals surface area contributed by atoms with E-state index in [9.17, 15) is 19.2 Å². The zero-order chi connectivity index (χ0) is 22.4. The number of carbonyl (C=O) groups excluding carboxylic acids is 4. The van der Waals surface area contributed by atoms with Crippen LogP contribution in [-0.2, 0) is 19.1 Å². The summed E-state index contributed by atoms with van der Waals surface area (Å²) in [4.78, 5) is 51.5. The summed E-state index contributed by atoms with van der Waals surface area (Å²) in [5.74, 6) is -1.30. The van der Waals surface area contributed by atoms with Crippen LogP contribution in [0.2, 0.25) is 0 Å². The van der Waals surface area contributed by atoms with Crippen LogP contribution in [0, 0.1) is 23.7 Å². The average Bonchev–Trinajstić information content (AvgIpc) is 3.47. The third-order valence-corrected chi connectivity index (χ3v) is 7.23. The Kier molecular flexibility index (Phi) is 5.04. The highest BCUT2D eigenvalue weighted by Gasteiger charge is 2.63. The summed E-state index contributed by atoms with van der Waals surface area (Å²) in [6.45, 7) is -0.293. The normalized spacial score (nSPS) is 28.0. The van der Waals surface area contributed by atoms with E-state index in [1.54, 1.807) is 24.3 Å². The van der Waals surface area contributed by atoms with E-state index in [-0.39, 0.29) is 42.0 Å². The second kappa shape index (κ2) is 7.89. The number of imide groups is 1. The highest BCUT2D eigenvalue weighted by molar-refractivity contribution is 6.09. The fourth-order valence-electron chi connectivity index (χ4n) is 5.91. The molecule has 0 aromatic heterocycles. The minimum atomic E-state index is -0.467. The molecule has 7 heteroatoms. The predicted octanol–water partition coefficient (Wildman–Crippen LogP) is 2.84. The number of rotatable bonds is 5. The van der Waals surface area contributed by atoms with Gasteiger partial charge in [-0.25, -0.2) is 4.79 Å². The molecule has 164 valence electrons. The van der Waals surface area contributed by atoms with Crippen molar-refractivity contribution >= 4 is 29.4 Å². The van der Waals surface area contributed by atoms with E-state index in [0.29, 0.717) is 17.2 Å². The zero-order valence-electron chi connectivity index (χ0n) is 17.7. The van der Waals surface area contributed by atoms with Gasteiger partial charge in [0.15, 0.2) is 0 Å². The monoisotopic (exact) mass is 432 g/mol. The van der Waals surface area contributed by atoms with Crippen molar-refractivity contribution in [2.45, 2.75) is 18.8 Å². The molecule has 0 radical (unpaired) electrons. The van der Waals surface area contributed by atoms with Gasteiger partial charge >= 0.3 is 5.97 Å². The summed E-state index contributed by atoms with van der Waals surface area (Å²) in [5, 5.41) is 2.70. The molecule has 1 saturated heterocycles. The van der Waals surface area contributed by atoms with E-state index in [2.05, 4.69) is 22.2 Å². The third kappa shape index (κ3) is 3.28. The molecule has 2 saturated carbocycles. The molecule has 3 fully saturated rings. The van der Waals surface area contributed by atoms with Gasteiger partial charge in [0.2, 0.25) is 17.7 Å². The summed E-state index contributed by atoms with van der Waals surface area (Å²) in [6, 6.07) is 16.4. The summed E-state index contributed by atoms with van der Waals surface area (Å²) >= 11 is 0. The first-order chi connectivity index (χ1) is 15.5. The van der Waals surface area contributed by atoms with Gasteiger partial charge in [0.05, 0.1) is 24.5 Å². The maximum absolute atomic E-state index is 13.2. The summed E-state index contributed by atoms with van der Waals surface area (Å²) in [6.07, 6.45) is 1.82. The number of nitrogens with zero attached hydrogens (tertiary/aromatic N) is 1. The number of hydrogen-bond donors (Lipinski definition) is 1. The lowest BCUT2D eigenvalue weighted by atomic mass is 9.73. The Morgan fingerprint density at radius 2 is 1.66 bits per heavy atom. The van der Waals surface area contributed by atoms with Gasteiger partial charge in [0.1, 0.15) is 6.54 Å². The molecular weight excluding hydrogens is 408 g/mol. The molecule has 1 aliphatic heterocycles. The van der Waals surface area contributed by atoms with Crippen molar-refractivity contribution < 1.29 is 23.9 Å². The molecule has 0 unspecified atom stereocenters. The molecular formula is C25H24N2O5. The van der Waals surface area contributed by atoms with Gasteiger partial charge in [-0.3, -0.25) is 19.3 Å². The number of hydrogen-bond acceptors (Lipinski definition) is 5. The number of benzene rings is 2. The van der Waals surface area contributed by atoms with E-state index < -0.39 is 11.9 Å². The van der Waals surface area contributed by atoms with Crippen LogP contribution in [0.1, 0.15) is 34.7 Å². The number of methoxy groups -OCH3 is 1. The van der Waals surface area contributed by atoms with E-state index in [0.717, 1.165) is 17.7 Å². The molecule has 5 atom stereocenters. The number of esters is 1. The fourth-order valence-corrected chi connectivity index (χ4v) is 5.91. The molecule has 3 aliphatic rings. The van der Waals surface area contributed by atoms with Crippen molar-refractivity contribution in [2.24, 2.45) is 23.7 Å². The molecule has 2 aromatic carbocycles. The number of likely N-dealkylation sites (tertiary alicyclic amines) is 1. The second-order valence-electron chi connectivity index (χ2n) is 8.84. The second-order valence-corrected chi connectivity index (χ2v) is 8.84. The molecule has 2 aliphatic carbocycles. The summed E-state index contributed by atoms with van der Waals surface area (Å²) < 4.78 is 4.66. The van der Waals surface area contributed by atoms with Gasteiger partial charge < -0.3 is 10.1 Å². The van der Waals surface area contributed by atoms with Crippen LogP contribution < -0.4 is 5.32 Å². The number of nitrogens with one attached hydrogen (secondary N) is 1. The Labute approximate surface area is 185 Å². The van der Waals surface area contributed by atoms with Gasteiger partial charge in [0.25, 0.3) is 0 Å². The standard InChI is InChI=1S/C25H24N2O5/c1-32-25(31)15-7-9-17(10-8-15)26-20(28)13-27-23(29)21-16-11-18(14-5-3-2-4-6-14)19(12-16)22(21)24(27)30/h2-10,16,18-19,21-22H,11-13H2,1H3,(H,26,28)/t16-,18-,19+,21+,22-/m0/s1. The Morgan fingerprint density at radius 1 is 0.969 bits per heavy atom. The first-order valence-electron chi connectivity index (χ1n) is 10.9. The SMILES string of the molecule is COC(=O)c1ccc(NC(=O)CN2C(=O)[C@@H]3[C@@H]4C[C@@H]([C@@H]3C2=O)[C@H](c2ccccc2)C4)cc1. The molecule has 1 N–H and O–H groups in total. The minimum absolute atomic E-state index is 0.155. The molecule has 7 nitrogen and oxygen atoms in total. The number of carbonyl (C=O) groups is 4. The fraction of sp³-hybridized carbons (Fsp3) is 0.360. The van der Waals surface area contributed by atoms with Crippen molar-refractivity contribution in [3.63, 3.8) is 0 Å². The van der Waals surface area contributed by atoms with Gasteiger partial charge in [-0.1, -0.05) is 30.3 Å². The number of anilines is 1. The van der Waals surface area contributed by atoms with Crippen molar-refractivity contribution in [3.05, 3.63) is 65.7 Å². The molecule has 2 bridgehead atoms. The van der Waals surface area contributed by atoms with E-state index in [1.807, 2.05) is 18.2 Å². The Morgan fingerprint density at radius 3 is 2.34 bits per heavy atom. The smallest absolute Gasteiger partial charge is 0.337 e. The predicted molar refractivity (Wildman–Crippen MR) is 116 cm³/mol. The van der Waals surface area contributed by atoms with Crippen LogP contribution in [0.25, 0.3) is 0 Å². The number of fused-ring (bicyclic) bond motifs is 5. The molecule has 3 amide bonds. The van der Waals surface area contributed by atoms with E-state index >= 15 is 0 Å². The maximum atomic E-state index is 13.2. The largest absolute Gasteiger partial charge is 0.465 e. The van der Waals surface area contributed by atoms with Crippen molar-refractivity contribution in [1.82, 2.24) is 4.90 Å². The molecule has 0 spiro atoms. The lowest BCUT2D eigenvalue weighted by Crippen LogP contribution is -2.39. The van der Waals surface area contributed by atoms with Crippen molar-refractivity contribution in [1.29, 1.82) is 0 Å². The summed E-state index contributed by atoms with van der Waals surface area (Å²) in [5.41, 5.74) is 2.07. The molecule has 5 rings (SSSR count). The first-order valence-corrected chi connectivity index (χ1v) is 10.9. The maximum Gasteiger partial charge on any atom is 0.337 e. The van der Waals surface area contributed by atoms with E-state index in [4.69, 9.17) is 0 Å². The van der Waals surface area contributed by atoms with Crippen LogP contribution in [0.15, 0.2) is 54.6 Å². The van der Waals surface area contributed by atoms with Crippen LogP contribution >= 0.6 is 0 Å². The molecule has 2 aromatic rings. The van der Waals surface area contributed by atoms with Gasteiger partial charge in [-0.2, -0.15) is 0 Å². The molecule has 1 heterocycles. The average molecular weight is 432 g/mol. The highest BCUT2D eigenvalue weighted by atomic mass is 16.5. The number of amides is 3. The number of ether oxygens (including phenoxy) is 1. The highest BCUT2D eigenvalue weighted by Crippen LogP contribution is 2.61. The Bertz CT molecular complexity index is 1080. The Balaban J connectivity index is 1.26. The van der Waals surface area contributed by atoms with Crippen molar-refractivity contribution in [3.8, 4) is 0 Å². The van der Waals surface area contributed by atoms with Gasteiger partial charge in [-0.05, 0) is 60.4 Å². The van der Waals surface area contributed by atoms with Gasteiger partial charge in [-0.15, -0.1) is 0 Å². The van der Waals surface area contributed by atoms with E-state index in [1.165, 1.54) is 12.7 Å². The van der Waals surface area contributed by atoms with Crippen LogP contribution in [0.3, 0.4) is 0 Å². The zero-order valence-corrected chi connectivity index (χ0v) is 17.7. The van der Waals surface area contributed by atoms with Crippen molar-refractivity contribution in [2.75, 3.05) is 19.0 Å². The van der Waals surface area contributed by atoms with Crippen LogP contribution in [0.4, 0.5) is 5.69 Å². The summed E-state index contributed by atoms with van der Waals surface area (Å²) in [7, 11) is 1.30.